The number of β-amino-alcohol motifs (C(OH)–C–C–N with tert-alkyl or cyclic N) is 1. The Morgan fingerprint density at radius 3 is 2.39 bits per heavy atom. The van der Waals surface area contributed by atoms with Gasteiger partial charge in [-0.05, 0) is 63.1 Å². The van der Waals surface area contributed by atoms with Gasteiger partial charge in [0.25, 0.3) is 0 Å². The molecule has 0 spiro atoms. The van der Waals surface area contributed by atoms with Crippen molar-refractivity contribution in [2.24, 2.45) is 0 Å². The number of pyridine rings is 1. The molecule has 2 atom stereocenters. The van der Waals surface area contributed by atoms with Gasteiger partial charge < -0.3 is 19.8 Å². The molecule has 204 valence electrons. The van der Waals surface area contributed by atoms with Crippen LogP contribution in [0.4, 0.5) is 10.1 Å². The smallest absolute Gasteiger partial charge is 0.123 e. The third-order valence-corrected chi connectivity index (χ3v) is 7.27. The van der Waals surface area contributed by atoms with E-state index in [9.17, 15) is 14.6 Å². The Morgan fingerprint density at radius 1 is 1.05 bits per heavy atom. The first-order valence-electron chi connectivity index (χ1n) is 13.1. The van der Waals surface area contributed by atoms with Gasteiger partial charge in [-0.2, -0.15) is 0 Å². The Bertz CT molecular complexity index is 1210. The molecule has 0 amide bonds. The molecule has 1 fully saturated rings. The summed E-state index contributed by atoms with van der Waals surface area (Å²) in [6.07, 6.45) is 2.54. The van der Waals surface area contributed by atoms with Gasteiger partial charge in [-0.3, -0.25) is 9.88 Å². The highest BCUT2D eigenvalue weighted by Gasteiger charge is 2.34. The monoisotopic (exact) mass is 541 g/mol. The summed E-state index contributed by atoms with van der Waals surface area (Å²) in [7, 11) is 0. The first kappa shape index (κ1) is 28.3. The van der Waals surface area contributed by atoms with Crippen LogP contribution >= 0.6 is 11.6 Å². The Hall–Kier alpha value is -2.71. The standard InChI is InChI=1S/C30H37ClFN3O3/c1-5-16-38-24-11-12-26(25(31)17-24)35-15-14-34(19-27(35)21-6-9-23(32)10-7-21)20-30(4,37)22-8-13-28(33-18-22)29(2,3)36/h6-13,17-18,27,36-37H,5,14-16,19-20H2,1-4H3/t27-,30+/m0/s1. The summed E-state index contributed by atoms with van der Waals surface area (Å²) >= 11 is 6.73. The third kappa shape index (κ3) is 6.64. The molecule has 2 aromatic carbocycles. The number of nitrogens with zero attached hydrogens (tertiary/aromatic N) is 3. The third-order valence-electron chi connectivity index (χ3n) is 6.96. The highest BCUT2D eigenvalue weighted by Crippen LogP contribution is 2.38. The predicted octanol–water partition coefficient (Wildman–Crippen LogP) is 5.66. The van der Waals surface area contributed by atoms with E-state index in [-0.39, 0.29) is 11.9 Å². The summed E-state index contributed by atoms with van der Waals surface area (Å²) in [6, 6.07) is 15.8. The second-order valence-electron chi connectivity index (χ2n) is 10.7. The zero-order valence-corrected chi connectivity index (χ0v) is 23.2. The maximum Gasteiger partial charge on any atom is 0.123 e. The van der Waals surface area contributed by atoms with Gasteiger partial charge in [-0.25, -0.2) is 4.39 Å². The zero-order chi connectivity index (χ0) is 27.5. The molecule has 6 nitrogen and oxygen atoms in total. The number of halogens is 2. The molecule has 0 bridgehead atoms. The molecule has 0 unspecified atom stereocenters. The normalized spacial score (nSPS) is 18.3. The van der Waals surface area contributed by atoms with Gasteiger partial charge in [0, 0.05) is 44.0 Å². The van der Waals surface area contributed by atoms with Crippen LogP contribution in [0.25, 0.3) is 0 Å². The lowest BCUT2D eigenvalue weighted by atomic mass is 9.94. The number of benzene rings is 2. The van der Waals surface area contributed by atoms with Crippen molar-refractivity contribution in [3.8, 4) is 5.75 Å². The lowest BCUT2D eigenvalue weighted by molar-refractivity contribution is 0.00970. The molecule has 2 N–H and O–H groups in total. The number of piperazine rings is 1. The molecular formula is C30H37ClFN3O3. The second-order valence-corrected chi connectivity index (χ2v) is 11.1. The molecule has 4 rings (SSSR count). The molecule has 1 saturated heterocycles. The van der Waals surface area contributed by atoms with Crippen molar-refractivity contribution in [3.63, 3.8) is 0 Å². The van der Waals surface area contributed by atoms with Crippen LogP contribution in [-0.4, -0.2) is 52.9 Å². The van der Waals surface area contributed by atoms with Gasteiger partial charge in [0.15, 0.2) is 0 Å². The Labute approximate surface area is 229 Å². The Balaban J connectivity index is 1.57. The zero-order valence-electron chi connectivity index (χ0n) is 22.5. The van der Waals surface area contributed by atoms with E-state index in [4.69, 9.17) is 16.3 Å². The summed E-state index contributed by atoms with van der Waals surface area (Å²) in [5, 5.41) is 22.2. The van der Waals surface area contributed by atoms with Crippen LogP contribution in [0.1, 0.15) is 57.0 Å². The van der Waals surface area contributed by atoms with E-state index in [1.165, 1.54) is 12.1 Å². The molecule has 0 aliphatic carbocycles. The average molecular weight is 542 g/mol. The summed E-state index contributed by atoms with van der Waals surface area (Å²) in [5.74, 6) is 0.450. The van der Waals surface area contributed by atoms with E-state index in [1.54, 1.807) is 45.2 Å². The van der Waals surface area contributed by atoms with Gasteiger partial charge in [0.2, 0.25) is 0 Å². The number of ether oxygens (including phenoxy) is 1. The molecule has 38 heavy (non-hydrogen) atoms. The highest BCUT2D eigenvalue weighted by molar-refractivity contribution is 6.33. The van der Waals surface area contributed by atoms with Crippen LogP contribution in [0, 0.1) is 5.82 Å². The maximum absolute atomic E-state index is 13.8. The maximum atomic E-state index is 13.8. The van der Waals surface area contributed by atoms with Crippen molar-refractivity contribution >= 4 is 17.3 Å². The quantitative estimate of drug-likeness (QED) is 0.364. The van der Waals surface area contributed by atoms with Crippen LogP contribution in [0.3, 0.4) is 0 Å². The molecular weight excluding hydrogens is 505 g/mol. The van der Waals surface area contributed by atoms with Crippen molar-refractivity contribution in [3.05, 3.63) is 88.5 Å². The molecule has 2 heterocycles. The van der Waals surface area contributed by atoms with Gasteiger partial charge in [0.05, 0.1) is 29.1 Å². The minimum atomic E-state index is -1.16. The molecule has 8 heteroatoms. The fourth-order valence-electron chi connectivity index (χ4n) is 4.87. The molecule has 3 aromatic rings. The van der Waals surface area contributed by atoms with Gasteiger partial charge >= 0.3 is 0 Å². The number of aromatic nitrogens is 1. The van der Waals surface area contributed by atoms with E-state index in [2.05, 4.69) is 21.7 Å². The Morgan fingerprint density at radius 2 is 1.79 bits per heavy atom. The molecule has 1 aliphatic heterocycles. The first-order chi connectivity index (χ1) is 18.0. The van der Waals surface area contributed by atoms with Crippen molar-refractivity contribution in [1.82, 2.24) is 9.88 Å². The van der Waals surface area contributed by atoms with Gasteiger partial charge in [-0.15, -0.1) is 0 Å². The molecule has 1 aromatic heterocycles. The van der Waals surface area contributed by atoms with E-state index >= 15 is 0 Å². The minimum Gasteiger partial charge on any atom is -0.494 e. The average Bonchev–Trinajstić information content (AvgIpc) is 2.87. The molecule has 0 radical (unpaired) electrons. The topological polar surface area (TPSA) is 69.1 Å². The van der Waals surface area contributed by atoms with Crippen molar-refractivity contribution < 1.29 is 19.3 Å². The summed E-state index contributed by atoms with van der Waals surface area (Å²) in [5.41, 5.74) is 0.875. The van der Waals surface area contributed by atoms with Crippen molar-refractivity contribution in [1.29, 1.82) is 0 Å². The number of aliphatic hydroxyl groups is 2. The fraction of sp³-hybridized carbons (Fsp3) is 0.433. The number of hydrogen-bond acceptors (Lipinski definition) is 6. The second kappa shape index (κ2) is 11.6. The summed E-state index contributed by atoms with van der Waals surface area (Å²) in [6.45, 7) is 10.2. The van der Waals surface area contributed by atoms with Crippen molar-refractivity contribution in [2.75, 3.05) is 37.7 Å². The van der Waals surface area contributed by atoms with Gasteiger partial charge in [-0.1, -0.05) is 36.7 Å². The molecule has 0 saturated carbocycles. The van der Waals surface area contributed by atoms with Crippen LogP contribution < -0.4 is 9.64 Å². The van der Waals surface area contributed by atoms with Crippen molar-refractivity contribution in [2.45, 2.75) is 51.4 Å². The lowest BCUT2D eigenvalue weighted by Crippen LogP contribution is -2.52. The van der Waals surface area contributed by atoms with Crippen LogP contribution in [-0.2, 0) is 11.2 Å². The van der Waals surface area contributed by atoms with Gasteiger partial charge in [0.1, 0.15) is 22.8 Å². The highest BCUT2D eigenvalue weighted by atomic mass is 35.5. The summed E-state index contributed by atoms with van der Waals surface area (Å²) < 4.78 is 19.5. The Kier molecular flexibility index (Phi) is 8.62. The SMILES string of the molecule is CCCOc1ccc(N2CCN(C[C@@](C)(O)c3ccc(C(C)(C)O)nc3)C[C@H]2c2ccc(F)cc2)c(Cl)c1. The van der Waals surface area contributed by atoms with E-state index in [0.717, 1.165) is 23.4 Å². The fourth-order valence-corrected chi connectivity index (χ4v) is 5.15. The number of hydrogen-bond donors (Lipinski definition) is 2. The van der Waals surface area contributed by atoms with E-state index in [1.807, 2.05) is 24.3 Å². The summed E-state index contributed by atoms with van der Waals surface area (Å²) in [4.78, 5) is 8.82. The van der Waals surface area contributed by atoms with Crippen LogP contribution in [0.2, 0.25) is 5.02 Å². The minimum absolute atomic E-state index is 0.101. The predicted molar refractivity (Wildman–Crippen MR) is 149 cm³/mol. The number of rotatable bonds is 9. The number of anilines is 1. The van der Waals surface area contributed by atoms with E-state index < -0.39 is 11.2 Å². The lowest BCUT2D eigenvalue weighted by Gasteiger charge is -2.45. The first-order valence-corrected chi connectivity index (χ1v) is 13.4. The molecule has 1 aliphatic rings. The van der Waals surface area contributed by atoms with Crippen LogP contribution in [0.5, 0.6) is 5.75 Å². The van der Waals surface area contributed by atoms with E-state index in [0.29, 0.717) is 49.1 Å². The largest absolute Gasteiger partial charge is 0.494 e. The van der Waals surface area contributed by atoms with Crippen LogP contribution in [0.15, 0.2) is 60.8 Å².